The number of nitrogens with two attached hydrogens (primary N) is 1. The highest BCUT2D eigenvalue weighted by Gasteiger charge is 2.30. The molecular formula is C27H41NO10. The number of esters is 1. The van der Waals surface area contributed by atoms with Gasteiger partial charge in [-0.05, 0) is 64.2 Å². The Morgan fingerprint density at radius 2 is 1.39 bits per heavy atom. The largest absolute Gasteiger partial charge is 0.514 e. The molecule has 0 amide bonds. The van der Waals surface area contributed by atoms with Gasteiger partial charge >= 0.3 is 24.2 Å². The van der Waals surface area contributed by atoms with Crippen molar-refractivity contribution in [1.29, 1.82) is 0 Å². The fraction of sp³-hybridized carbons (Fsp3) is 0.630. The van der Waals surface area contributed by atoms with Gasteiger partial charge in [0.05, 0.1) is 6.10 Å². The van der Waals surface area contributed by atoms with Crippen LogP contribution in [0.25, 0.3) is 0 Å². The van der Waals surface area contributed by atoms with Crippen LogP contribution in [0, 0.1) is 0 Å². The van der Waals surface area contributed by atoms with Gasteiger partial charge in [0, 0.05) is 12.3 Å². The molecule has 0 fully saturated rings. The van der Waals surface area contributed by atoms with E-state index in [1.807, 2.05) is 20.8 Å². The monoisotopic (exact) mass is 539 g/mol. The quantitative estimate of drug-likeness (QED) is 0.168. The molecule has 1 aromatic rings. The number of carbonyl (C=O) groups is 4. The van der Waals surface area contributed by atoms with Crippen LogP contribution >= 0.6 is 0 Å². The van der Waals surface area contributed by atoms with Gasteiger partial charge in [0.1, 0.15) is 18.2 Å². The number of rotatable bonds is 15. The number of carboxylic acid groups (broad SMARTS) is 1. The van der Waals surface area contributed by atoms with Gasteiger partial charge in [-0.2, -0.15) is 0 Å². The second-order valence-electron chi connectivity index (χ2n) is 9.19. The van der Waals surface area contributed by atoms with Crippen molar-refractivity contribution in [3.05, 3.63) is 23.8 Å². The van der Waals surface area contributed by atoms with E-state index >= 15 is 0 Å². The second-order valence-corrected chi connectivity index (χ2v) is 9.19. The van der Waals surface area contributed by atoms with Crippen LogP contribution in [-0.4, -0.2) is 53.7 Å². The van der Waals surface area contributed by atoms with Gasteiger partial charge in [-0.1, -0.05) is 33.3 Å². The molecule has 0 radical (unpaired) electrons. The van der Waals surface area contributed by atoms with Crippen LogP contribution < -0.4 is 15.2 Å². The molecule has 0 bridgehead atoms. The van der Waals surface area contributed by atoms with E-state index in [0.29, 0.717) is 24.8 Å². The van der Waals surface area contributed by atoms with Gasteiger partial charge < -0.3 is 34.5 Å². The molecule has 0 heterocycles. The molecule has 11 nitrogen and oxygen atoms in total. The molecule has 0 aromatic heterocycles. The maximum absolute atomic E-state index is 12.4. The van der Waals surface area contributed by atoms with Crippen molar-refractivity contribution in [3.8, 4) is 11.5 Å². The summed E-state index contributed by atoms with van der Waals surface area (Å²) >= 11 is 0. The van der Waals surface area contributed by atoms with Crippen LogP contribution in [0.2, 0.25) is 0 Å². The van der Waals surface area contributed by atoms with Crippen molar-refractivity contribution in [2.75, 3.05) is 0 Å². The third kappa shape index (κ3) is 11.4. The minimum atomic E-state index is -1.37. The van der Waals surface area contributed by atoms with E-state index in [9.17, 15) is 24.3 Å². The number of hydrogen-bond acceptors (Lipinski definition) is 10. The summed E-state index contributed by atoms with van der Waals surface area (Å²) in [7, 11) is 0. The van der Waals surface area contributed by atoms with Crippen molar-refractivity contribution in [1.82, 2.24) is 0 Å². The molecule has 1 rings (SSSR count). The molecule has 4 unspecified atom stereocenters. The van der Waals surface area contributed by atoms with Crippen LogP contribution in [0.4, 0.5) is 9.59 Å². The molecule has 11 heteroatoms. The lowest BCUT2D eigenvalue weighted by Gasteiger charge is -2.25. The lowest BCUT2D eigenvalue weighted by molar-refractivity contribution is -0.149. The van der Waals surface area contributed by atoms with Crippen molar-refractivity contribution in [2.24, 2.45) is 5.73 Å². The smallest absolute Gasteiger partial charge is 0.480 e. The predicted octanol–water partition coefficient (Wildman–Crippen LogP) is 5.32. The number of benzene rings is 1. The molecule has 0 spiro atoms. The minimum absolute atomic E-state index is 0.0817. The zero-order chi connectivity index (χ0) is 28.8. The third-order valence-electron chi connectivity index (χ3n) is 5.90. The SMILES string of the molecule is CCCCC(=O)OC(C)CC(c1ccc(OC(=O)OC(C)CC)c(OC(=O)OC(C)CC)c1)[C@H](N)C(=O)O. The van der Waals surface area contributed by atoms with E-state index in [1.165, 1.54) is 18.2 Å². The number of aliphatic carboxylic acids is 1. The van der Waals surface area contributed by atoms with Crippen molar-refractivity contribution < 1.29 is 48.0 Å². The number of carbonyl (C=O) groups excluding carboxylic acids is 3. The van der Waals surface area contributed by atoms with Crippen molar-refractivity contribution in [3.63, 3.8) is 0 Å². The lowest BCUT2D eigenvalue weighted by atomic mass is 9.87. The van der Waals surface area contributed by atoms with Crippen molar-refractivity contribution in [2.45, 2.75) is 110 Å². The standard InChI is InChI=1S/C27H41NO10/c1-7-10-11-23(29)34-18(6)14-20(24(28)25(30)31)19-12-13-21(37-26(32)35-16(4)8-2)22(15-19)38-27(33)36-17(5)9-3/h12-13,15-18,20,24H,7-11,14,28H2,1-6H3,(H,30,31)/t16?,17?,18?,20?,24-/m0/s1. The van der Waals surface area contributed by atoms with Crippen molar-refractivity contribution >= 4 is 24.2 Å². The average Bonchev–Trinajstić information content (AvgIpc) is 2.86. The zero-order valence-corrected chi connectivity index (χ0v) is 23.1. The van der Waals surface area contributed by atoms with Crippen LogP contribution in [-0.2, 0) is 23.8 Å². The molecule has 5 atom stereocenters. The summed E-state index contributed by atoms with van der Waals surface area (Å²) in [5, 5.41) is 9.62. The first-order valence-corrected chi connectivity index (χ1v) is 13.0. The van der Waals surface area contributed by atoms with E-state index in [0.717, 1.165) is 6.42 Å². The Bertz CT molecular complexity index is 934. The maximum atomic E-state index is 12.4. The highest BCUT2D eigenvalue weighted by atomic mass is 16.7. The summed E-state index contributed by atoms with van der Waals surface area (Å²) in [4.78, 5) is 48.4. The van der Waals surface area contributed by atoms with E-state index in [4.69, 9.17) is 29.4 Å². The first-order valence-electron chi connectivity index (χ1n) is 13.0. The molecule has 0 aliphatic rings. The molecule has 0 saturated carbocycles. The number of carboxylic acids is 1. The Hall–Kier alpha value is -3.34. The Kier molecular flexibility index (Phi) is 14.2. The Balaban J connectivity index is 3.32. The number of hydrogen-bond donors (Lipinski definition) is 2. The minimum Gasteiger partial charge on any atom is -0.480 e. The van der Waals surface area contributed by atoms with E-state index in [-0.39, 0.29) is 30.3 Å². The molecule has 38 heavy (non-hydrogen) atoms. The number of unbranched alkanes of at least 4 members (excludes halogenated alkanes) is 1. The van der Waals surface area contributed by atoms with Gasteiger partial charge in [0.25, 0.3) is 0 Å². The molecule has 1 aromatic carbocycles. The van der Waals surface area contributed by atoms with Gasteiger partial charge in [0.15, 0.2) is 11.5 Å². The summed E-state index contributed by atoms with van der Waals surface area (Å²) in [5.74, 6) is -2.81. The van der Waals surface area contributed by atoms with Gasteiger partial charge in [-0.3, -0.25) is 9.59 Å². The van der Waals surface area contributed by atoms with Crippen LogP contribution in [0.3, 0.4) is 0 Å². The normalized spacial score (nSPS) is 14.8. The summed E-state index contributed by atoms with van der Waals surface area (Å²) in [6.45, 7) is 10.6. The Labute approximate surface area is 223 Å². The number of ether oxygens (including phenoxy) is 5. The topological polar surface area (TPSA) is 161 Å². The molecule has 3 N–H and O–H groups in total. The maximum Gasteiger partial charge on any atom is 0.514 e. The van der Waals surface area contributed by atoms with Gasteiger partial charge in [-0.25, -0.2) is 9.59 Å². The van der Waals surface area contributed by atoms with E-state index < -0.39 is 48.6 Å². The zero-order valence-electron chi connectivity index (χ0n) is 23.1. The van der Waals surface area contributed by atoms with Crippen LogP contribution in [0.15, 0.2) is 18.2 Å². The van der Waals surface area contributed by atoms with Crippen LogP contribution in [0.5, 0.6) is 11.5 Å². The second kappa shape index (κ2) is 16.5. The lowest BCUT2D eigenvalue weighted by Crippen LogP contribution is -2.38. The first kappa shape index (κ1) is 32.7. The van der Waals surface area contributed by atoms with Crippen LogP contribution in [0.1, 0.15) is 91.5 Å². The summed E-state index contributed by atoms with van der Waals surface area (Å²) in [6, 6.07) is 2.83. The Morgan fingerprint density at radius 3 is 1.89 bits per heavy atom. The van der Waals surface area contributed by atoms with E-state index in [2.05, 4.69) is 0 Å². The highest BCUT2D eigenvalue weighted by Crippen LogP contribution is 2.35. The molecule has 0 aliphatic heterocycles. The fourth-order valence-corrected chi connectivity index (χ4v) is 3.31. The molecular weight excluding hydrogens is 498 g/mol. The third-order valence-corrected chi connectivity index (χ3v) is 5.90. The molecule has 0 aliphatic carbocycles. The summed E-state index contributed by atoms with van der Waals surface area (Å²) in [5.41, 5.74) is 6.36. The first-order chi connectivity index (χ1) is 17.9. The van der Waals surface area contributed by atoms with Gasteiger partial charge in [0.2, 0.25) is 0 Å². The highest BCUT2D eigenvalue weighted by molar-refractivity contribution is 5.75. The fourth-order valence-electron chi connectivity index (χ4n) is 3.31. The molecule has 0 saturated heterocycles. The predicted molar refractivity (Wildman–Crippen MR) is 138 cm³/mol. The van der Waals surface area contributed by atoms with Gasteiger partial charge in [-0.15, -0.1) is 0 Å². The summed E-state index contributed by atoms with van der Waals surface area (Å²) < 4.78 is 26.3. The Morgan fingerprint density at radius 1 is 0.842 bits per heavy atom. The summed E-state index contributed by atoms with van der Waals surface area (Å²) in [6.07, 6.45) is -0.551. The average molecular weight is 540 g/mol. The molecule has 214 valence electrons. The van der Waals surface area contributed by atoms with E-state index in [1.54, 1.807) is 20.8 Å².